The second kappa shape index (κ2) is 8.71. The highest BCUT2D eigenvalue weighted by Crippen LogP contribution is 2.25. The van der Waals surface area contributed by atoms with Crippen LogP contribution in [0.4, 0.5) is 5.69 Å². The highest BCUT2D eigenvalue weighted by molar-refractivity contribution is 6.06. The normalized spacial score (nSPS) is 10.7. The molecule has 0 saturated carbocycles. The third kappa shape index (κ3) is 4.23. The van der Waals surface area contributed by atoms with Crippen LogP contribution in [-0.2, 0) is 4.74 Å². The quantitative estimate of drug-likeness (QED) is 0.629. The molecule has 28 heavy (non-hydrogen) atoms. The van der Waals surface area contributed by atoms with Gasteiger partial charge in [-0.05, 0) is 56.7 Å². The predicted octanol–water partition coefficient (Wildman–Crippen LogP) is 4.08. The van der Waals surface area contributed by atoms with E-state index in [4.69, 9.17) is 9.47 Å². The lowest BCUT2D eigenvalue weighted by atomic mass is 10.2. The molecule has 1 N–H and O–H groups in total. The number of aromatic nitrogens is 2. The summed E-state index contributed by atoms with van der Waals surface area (Å²) in [6.07, 6.45) is 1.63. The largest absolute Gasteiger partial charge is 0.474 e. The molecular formula is C22H25N3O3. The van der Waals surface area contributed by atoms with E-state index in [2.05, 4.69) is 33.9 Å². The van der Waals surface area contributed by atoms with Gasteiger partial charge in [0.15, 0.2) is 0 Å². The summed E-state index contributed by atoms with van der Waals surface area (Å²) in [6.45, 7) is 6.80. The predicted molar refractivity (Wildman–Crippen MR) is 110 cm³/mol. The zero-order valence-electron chi connectivity index (χ0n) is 16.7. The van der Waals surface area contributed by atoms with Crippen LogP contribution in [0.2, 0.25) is 0 Å². The number of nitrogens with one attached hydrogen (secondary N) is 1. The summed E-state index contributed by atoms with van der Waals surface area (Å²) in [7, 11) is 1.61. The van der Waals surface area contributed by atoms with Crippen LogP contribution in [0.15, 0.2) is 48.7 Å². The zero-order valence-corrected chi connectivity index (χ0v) is 16.7. The van der Waals surface area contributed by atoms with Gasteiger partial charge in [-0.25, -0.2) is 4.98 Å². The first-order valence-electron chi connectivity index (χ1n) is 9.15. The molecule has 2 aromatic heterocycles. The van der Waals surface area contributed by atoms with E-state index in [-0.39, 0.29) is 5.91 Å². The molecule has 0 atom stereocenters. The van der Waals surface area contributed by atoms with Crippen molar-refractivity contribution in [3.05, 3.63) is 71.2 Å². The lowest BCUT2D eigenvalue weighted by Crippen LogP contribution is -2.15. The Balaban J connectivity index is 1.86. The maximum absolute atomic E-state index is 12.9. The van der Waals surface area contributed by atoms with E-state index in [1.807, 2.05) is 32.0 Å². The molecule has 0 saturated heterocycles. The van der Waals surface area contributed by atoms with Crippen LogP contribution in [0.25, 0.3) is 5.69 Å². The SMILES string of the molecule is COCCOc1ncccc1NC(=O)c1cc(C)n(-c2cccc(C)c2)c1C. The first kappa shape index (κ1) is 19.6. The van der Waals surface area contributed by atoms with Gasteiger partial charge in [0.05, 0.1) is 12.2 Å². The van der Waals surface area contributed by atoms with Crippen molar-refractivity contribution in [2.75, 3.05) is 25.6 Å². The highest BCUT2D eigenvalue weighted by Gasteiger charge is 2.18. The Bertz CT molecular complexity index is 979. The number of ether oxygens (including phenoxy) is 2. The number of hydrogen-bond acceptors (Lipinski definition) is 4. The summed E-state index contributed by atoms with van der Waals surface area (Å²) in [5, 5.41) is 2.92. The summed E-state index contributed by atoms with van der Waals surface area (Å²) in [5.74, 6) is 0.178. The Morgan fingerprint density at radius 2 is 1.93 bits per heavy atom. The highest BCUT2D eigenvalue weighted by atomic mass is 16.5. The van der Waals surface area contributed by atoms with Gasteiger partial charge in [0.25, 0.3) is 5.91 Å². The number of nitrogens with zero attached hydrogens (tertiary/aromatic N) is 2. The van der Waals surface area contributed by atoms with E-state index >= 15 is 0 Å². The number of aryl methyl sites for hydroxylation is 2. The molecule has 3 rings (SSSR count). The van der Waals surface area contributed by atoms with Crippen molar-refractivity contribution in [1.29, 1.82) is 0 Å². The van der Waals surface area contributed by atoms with Gasteiger partial charge in [0.2, 0.25) is 5.88 Å². The van der Waals surface area contributed by atoms with Crippen LogP contribution in [0.5, 0.6) is 5.88 Å². The summed E-state index contributed by atoms with van der Waals surface area (Å²) >= 11 is 0. The molecule has 0 fully saturated rings. The molecule has 1 amide bonds. The Kier molecular flexibility index (Phi) is 6.11. The van der Waals surface area contributed by atoms with Gasteiger partial charge in [-0.2, -0.15) is 0 Å². The van der Waals surface area contributed by atoms with Crippen molar-refractivity contribution in [2.45, 2.75) is 20.8 Å². The number of anilines is 1. The molecule has 0 aliphatic carbocycles. The van der Waals surface area contributed by atoms with Gasteiger partial charge in [-0.3, -0.25) is 4.79 Å². The smallest absolute Gasteiger partial charge is 0.257 e. The molecule has 6 heteroatoms. The second-order valence-electron chi connectivity index (χ2n) is 6.61. The summed E-state index contributed by atoms with van der Waals surface area (Å²) in [4.78, 5) is 17.2. The number of carbonyl (C=O) groups is 1. The van der Waals surface area contributed by atoms with Crippen LogP contribution in [0.3, 0.4) is 0 Å². The van der Waals surface area contributed by atoms with Crippen molar-refractivity contribution in [2.24, 2.45) is 0 Å². The monoisotopic (exact) mass is 379 g/mol. The van der Waals surface area contributed by atoms with Crippen molar-refractivity contribution in [1.82, 2.24) is 9.55 Å². The Morgan fingerprint density at radius 3 is 2.68 bits per heavy atom. The topological polar surface area (TPSA) is 65.4 Å². The lowest BCUT2D eigenvalue weighted by Gasteiger charge is -2.12. The van der Waals surface area contributed by atoms with E-state index in [0.29, 0.717) is 30.3 Å². The number of rotatable bonds is 7. The summed E-state index contributed by atoms with van der Waals surface area (Å²) < 4.78 is 12.7. The first-order chi connectivity index (χ1) is 13.5. The lowest BCUT2D eigenvalue weighted by molar-refractivity contribution is 0.102. The number of hydrogen-bond donors (Lipinski definition) is 1. The third-order valence-electron chi connectivity index (χ3n) is 4.48. The fraction of sp³-hybridized carbons (Fsp3) is 0.273. The molecule has 0 bridgehead atoms. The molecule has 0 unspecified atom stereocenters. The van der Waals surface area contributed by atoms with E-state index in [1.165, 1.54) is 5.56 Å². The summed E-state index contributed by atoms with van der Waals surface area (Å²) in [6, 6.07) is 13.6. The van der Waals surface area contributed by atoms with Gasteiger partial charge in [-0.1, -0.05) is 12.1 Å². The van der Waals surface area contributed by atoms with E-state index < -0.39 is 0 Å². The van der Waals surface area contributed by atoms with Crippen molar-refractivity contribution in [3.8, 4) is 11.6 Å². The minimum atomic E-state index is -0.198. The van der Waals surface area contributed by atoms with E-state index in [0.717, 1.165) is 17.1 Å². The molecule has 6 nitrogen and oxygen atoms in total. The van der Waals surface area contributed by atoms with E-state index in [9.17, 15) is 4.79 Å². The van der Waals surface area contributed by atoms with Crippen LogP contribution in [0, 0.1) is 20.8 Å². The van der Waals surface area contributed by atoms with Crippen molar-refractivity contribution < 1.29 is 14.3 Å². The second-order valence-corrected chi connectivity index (χ2v) is 6.61. The number of benzene rings is 1. The number of pyridine rings is 1. The molecule has 0 spiro atoms. The fourth-order valence-electron chi connectivity index (χ4n) is 3.17. The van der Waals surface area contributed by atoms with Crippen molar-refractivity contribution >= 4 is 11.6 Å². The average molecular weight is 379 g/mol. The molecule has 0 aliphatic rings. The maximum Gasteiger partial charge on any atom is 0.257 e. The minimum Gasteiger partial charge on any atom is -0.474 e. The fourth-order valence-corrected chi connectivity index (χ4v) is 3.17. The Hall–Kier alpha value is -3.12. The number of carbonyl (C=O) groups excluding carboxylic acids is 1. The maximum atomic E-state index is 12.9. The summed E-state index contributed by atoms with van der Waals surface area (Å²) in [5.41, 5.74) is 5.24. The first-order valence-corrected chi connectivity index (χ1v) is 9.15. The molecule has 0 radical (unpaired) electrons. The van der Waals surface area contributed by atoms with Gasteiger partial charge < -0.3 is 19.4 Å². The molecule has 0 aliphatic heterocycles. The van der Waals surface area contributed by atoms with Gasteiger partial charge >= 0.3 is 0 Å². The van der Waals surface area contributed by atoms with Gasteiger partial charge in [-0.15, -0.1) is 0 Å². The van der Waals surface area contributed by atoms with Gasteiger partial charge in [0, 0.05) is 30.4 Å². The molecule has 1 aromatic carbocycles. The number of methoxy groups -OCH3 is 1. The van der Waals surface area contributed by atoms with Crippen LogP contribution >= 0.6 is 0 Å². The third-order valence-corrected chi connectivity index (χ3v) is 4.48. The van der Waals surface area contributed by atoms with E-state index in [1.54, 1.807) is 25.4 Å². The average Bonchev–Trinajstić information content (AvgIpc) is 2.97. The molecule has 146 valence electrons. The zero-order chi connectivity index (χ0) is 20.1. The Labute approximate surface area is 165 Å². The Morgan fingerprint density at radius 1 is 1.11 bits per heavy atom. The van der Waals surface area contributed by atoms with Gasteiger partial charge in [0.1, 0.15) is 12.3 Å². The van der Waals surface area contributed by atoms with Crippen molar-refractivity contribution in [3.63, 3.8) is 0 Å². The minimum absolute atomic E-state index is 0.198. The molecule has 2 heterocycles. The standard InChI is InChI=1S/C22H25N3O3/c1-15-7-5-8-18(13-15)25-16(2)14-19(17(25)3)21(26)24-20-9-6-10-23-22(20)28-12-11-27-4/h5-10,13-14H,11-12H2,1-4H3,(H,24,26). The van der Waals surface area contributed by atoms with Crippen LogP contribution in [-0.4, -0.2) is 35.8 Å². The molecule has 3 aromatic rings. The van der Waals surface area contributed by atoms with Crippen LogP contribution < -0.4 is 10.1 Å². The van der Waals surface area contributed by atoms with Crippen LogP contribution in [0.1, 0.15) is 27.3 Å². The molecular weight excluding hydrogens is 354 g/mol. The number of amides is 1.